The Labute approximate surface area is 228 Å². The summed E-state index contributed by atoms with van der Waals surface area (Å²) in [4.78, 5) is 24.3. The van der Waals surface area contributed by atoms with Crippen molar-refractivity contribution < 1.29 is 29.3 Å². The summed E-state index contributed by atoms with van der Waals surface area (Å²) in [5.41, 5.74) is 5.56. The topological polar surface area (TPSA) is 93.1 Å². The predicted molar refractivity (Wildman–Crippen MR) is 151 cm³/mol. The van der Waals surface area contributed by atoms with Gasteiger partial charge < -0.3 is 19.7 Å². The number of carbonyl (C=O) groups excluding carboxylic acids is 2. The van der Waals surface area contributed by atoms with Crippen molar-refractivity contribution >= 4 is 11.9 Å². The van der Waals surface area contributed by atoms with Crippen LogP contribution in [0.2, 0.25) is 0 Å². The first-order chi connectivity index (χ1) is 18.0. The number of phenolic OH excluding ortho intramolecular Hbond substituents is 2. The van der Waals surface area contributed by atoms with Crippen molar-refractivity contribution in [3.05, 3.63) is 57.6 Å². The van der Waals surface area contributed by atoms with E-state index in [0.717, 1.165) is 46.2 Å². The molecule has 2 rings (SSSR count). The fraction of sp³-hybridized carbons (Fsp3) is 0.562. The van der Waals surface area contributed by atoms with Gasteiger partial charge in [-0.2, -0.15) is 0 Å². The molecule has 6 nitrogen and oxygen atoms in total. The maximum Gasteiger partial charge on any atom is 0.306 e. The predicted octanol–water partition coefficient (Wildman–Crippen LogP) is 6.54. The number of esters is 2. The molecule has 0 aliphatic heterocycles. The molecule has 0 saturated carbocycles. The number of benzene rings is 2. The van der Waals surface area contributed by atoms with Crippen LogP contribution in [0.1, 0.15) is 86.8 Å². The molecule has 0 unspecified atom stereocenters. The molecule has 2 aromatic carbocycles. The summed E-state index contributed by atoms with van der Waals surface area (Å²) in [7, 11) is 0. The van der Waals surface area contributed by atoms with Gasteiger partial charge in [0.1, 0.15) is 11.5 Å². The fourth-order valence-electron chi connectivity index (χ4n) is 4.56. The van der Waals surface area contributed by atoms with Crippen LogP contribution in [0.15, 0.2) is 24.3 Å². The number of ether oxygens (including phenoxy) is 2. The molecule has 0 aliphatic carbocycles. The van der Waals surface area contributed by atoms with Gasteiger partial charge in [0.25, 0.3) is 0 Å². The number of aromatic hydroxyl groups is 2. The molecular weight excluding hydrogens is 480 g/mol. The second-order valence-corrected chi connectivity index (χ2v) is 11.2. The third-order valence-electron chi connectivity index (χ3n) is 6.44. The number of carbonyl (C=O) groups is 2. The van der Waals surface area contributed by atoms with Crippen LogP contribution in [-0.2, 0) is 44.7 Å². The highest BCUT2D eigenvalue weighted by atomic mass is 16.5. The molecule has 0 aromatic heterocycles. The summed E-state index contributed by atoms with van der Waals surface area (Å²) in [6.45, 7) is 12.8. The number of unbranched alkanes of at least 4 members (excludes halogenated alkanes) is 1. The summed E-state index contributed by atoms with van der Waals surface area (Å²) in [6.07, 6.45) is 4.57. The molecule has 0 saturated heterocycles. The third kappa shape index (κ3) is 10.8. The van der Waals surface area contributed by atoms with Crippen molar-refractivity contribution in [2.75, 3.05) is 13.2 Å². The zero-order valence-electron chi connectivity index (χ0n) is 24.1. The summed E-state index contributed by atoms with van der Waals surface area (Å²) < 4.78 is 10.7. The molecule has 38 heavy (non-hydrogen) atoms. The van der Waals surface area contributed by atoms with Crippen LogP contribution in [0.4, 0.5) is 0 Å². The van der Waals surface area contributed by atoms with Crippen molar-refractivity contribution in [1.82, 2.24) is 0 Å². The number of hydrogen-bond acceptors (Lipinski definition) is 6. The second-order valence-electron chi connectivity index (χ2n) is 11.2. The van der Waals surface area contributed by atoms with Crippen LogP contribution in [-0.4, -0.2) is 35.4 Å². The van der Waals surface area contributed by atoms with Crippen LogP contribution < -0.4 is 0 Å². The quantitative estimate of drug-likeness (QED) is 0.202. The lowest BCUT2D eigenvalue weighted by Gasteiger charge is -2.13. The first-order valence-corrected chi connectivity index (χ1v) is 13.9. The monoisotopic (exact) mass is 526 g/mol. The smallest absolute Gasteiger partial charge is 0.306 e. The Hall–Kier alpha value is -3.02. The van der Waals surface area contributed by atoms with Gasteiger partial charge in [0.15, 0.2) is 0 Å². The third-order valence-corrected chi connectivity index (χ3v) is 6.44. The lowest BCUT2D eigenvalue weighted by molar-refractivity contribution is -0.146. The first-order valence-electron chi connectivity index (χ1n) is 13.9. The summed E-state index contributed by atoms with van der Waals surface area (Å²) in [5, 5.41) is 20.6. The maximum atomic E-state index is 12.1. The van der Waals surface area contributed by atoms with Crippen molar-refractivity contribution in [2.45, 2.75) is 92.9 Å². The van der Waals surface area contributed by atoms with Gasteiger partial charge in [-0.05, 0) is 97.6 Å². The van der Waals surface area contributed by atoms with Gasteiger partial charge >= 0.3 is 11.9 Å². The molecule has 0 atom stereocenters. The zero-order chi connectivity index (χ0) is 28.2. The van der Waals surface area contributed by atoms with Gasteiger partial charge in [0.2, 0.25) is 0 Å². The molecule has 2 aromatic rings. The number of hydrogen-bond donors (Lipinski definition) is 2. The van der Waals surface area contributed by atoms with Gasteiger partial charge in [-0.1, -0.05) is 52.0 Å². The Morgan fingerprint density at radius 3 is 1.39 bits per heavy atom. The molecule has 0 bridgehead atoms. The Morgan fingerprint density at radius 1 is 0.684 bits per heavy atom. The number of phenols is 2. The zero-order valence-corrected chi connectivity index (χ0v) is 24.1. The van der Waals surface area contributed by atoms with Crippen LogP contribution >= 0.6 is 0 Å². The fourth-order valence-corrected chi connectivity index (χ4v) is 4.56. The van der Waals surface area contributed by atoms with Crippen molar-refractivity contribution in [2.24, 2.45) is 11.8 Å². The minimum Gasteiger partial charge on any atom is -0.507 e. The van der Waals surface area contributed by atoms with Gasteiger partial charge in [0.05, 0.1) is 13.2 Å². The normalized spacial score (nSPS) is 11.3. The Kier molecular flexibility index (Phi) is 12.6. The lowest BCUT2D eigenvalue weighted by Crippen LogP contribution is -2.10. The highest BCUT2D eigenvalue weighted by Gasteiger charge is 2.12. The number of aryl methyl sites for hydroxylation is 4. The lowest BCUT2D eigenvalue weighted by atomic mass is 9.96. The van der Waals surface area contributed by atoms with Crippen molar-refractivity contribution in [3.8, 4) is 11.5 Å². The van der Waals surface area contributed by atoms with E-state index >= 15 is 0 Å². The Bertz CT molecular complexity index is 985. The first kappa shape index (κ1) is 31.2. The van der Waals surface area contributed by atoms with Crippen molar-refractivity contribution in [1.29, 1.82) is 0 Å². The molecule has 2 N–H and O–H groups in total. The standard InChI is InChI=1S/C32H46O6/c1-21(2)15-27-19-25(17-23(5)31(27)35)9-11-29(33)37-13-7-8-14-38-30(34)12-10-26-18-24(6)32(36)28(20-26)16-22(3)4/h17-22,35-36H,7-16H2,1-6H3. The summed E-state index contributed by atoms with van der Waals surface area (Å²) >= 11 is 0. The van der Waals surface area contributed by atoms with Crippen LogP contribution in [0.3, 0.4) is 0 Å². The summed E-state index contributed by atoms with van der Waals surface area (Å²) in [6, 6.07) is 7.82. The van der Waals surface area contributed by atoms with Crippen LogP contribution in [0.5, 0.6) is 11.5 Å². The van der Waals surface area contributed by atoms with Gasteiger partial charge in [0, 0.05) is 12.8 Å². The highest BCUT2D eigenvalue weighted by Crippen LogP contribution is 2.28. The maximum absolute atomic E-state index is 12.1. The largest absolute Gasteiger partial charge is 0.507 e. The molecule has 6 heteroatoms. The molecule has 0 heterocycles. The SMILES string of the molecule is Cc1cc(CCC(=O)OCCCCOC(=O)CCc2cc(C)c(O)c(CC(C)C)c2)cc(CC(C)C)c1O. The average molecular weight is 527 g/mol. The van der Waals surface area contributed by atoms with E-state index in [-0.39, 0.29) is 24.8 Å². The minimum absolute atomic E-state index is 0.251. The van der Waals surface area contributed by atoms with Crippen LogP contribution in [0.25, 0.3) is 0 Å². The minimum atomic E-state index is -0.251. The van der Waals surface area contributed by atoms with Gasteiger partial charge in [-0.25, -0.2) is 0 Å². The van der Waals surface area contributed by atoms with Gasteiger partial charge in [-0.15, -0.1) is 0 Å². The van der Waals surface area contributed by atoms with E-state index in [1.165, 1.54) is 0 Å². The molecule has 0 radical (unpaired) electrons. The van der Waals surface area contributed by atoms with E-state index in [0.29, 0.717) is 62.2 Å². The second kappa shape index (κ2) is 15.4. The van der Waals surface area contributed by atoms with E-state index in [4.69, 9.17) is 9.47 Å². The van der Waals surface area contributed by atoms with Crippen molar-refractivity contribution in [3.63, 3.8) is 0 Å². The van der Waals surface area contributed by atoms with E-state index in [2.05, 4.69) is 27.7 Å². The van der Waals surface area contributed by atoms with Gasteiger partial charge in [-0.3, -0.25) is 9.59 Å². The number of rotatable bonds is 15. The van der Waals surface area contributed by atoms with E-state index in [9.17, 15) is 19.8 Å². The Balaban J connectivity index is 1.63. The molecular formula is C32H46O6. The Morgan fingerprint density at radius 2 is 1.05 bits per heavy atom. The summed E-state index contributed by atoms with van der Waals surface area (Å²) in [5.74, 6) is 1.06. The highest BCUT2D eigenvalue weighted by molar-refractivity contribution is 5.70. The average Bonchev–Trinajstić information content (AvgIpc) is 2.83. The van der Waals surface area contributed by atoms with E-state index in [1.807, 2.05) is 38.1 Å². The molecule has 0 fully saturated rings. The van der Waals surface area contributed by atoms with E-state index in [1.54, 1.807) is 0 Å². The molecule has 0 aliphatic rings. The molecule has 0 amide bonds. The van der Waals surface area contributed by atoms with E-state index < -0.39 is 0 Å². The van der Waals surface area contributed by atoms with Crippen LogP contribution in [0, 0.1) is 25.7 Å². The molecule has 0 spiro atoms. The molecule has 210 valence electrons.